The van der Waals surface area contributed by atoms with Crippen molar-refractivity contribution in [3.63, 3.8) is 0 Å². The lowest BCUT2D eigenvalue weighted by atomic mass is 10.2. The lowest BCUT2D eigenvalue weighted by molar-refractivity contribution is -0.385. The third-order valence-corrected chi connectivity index (χ3v) is 5.16. The Kier molecular flexibility index (Phi) is 5.05. The number of hydrogen-bond donors (Lipinski definition) is 2. The number of nitrogens with zero attached hydrogens (tertiary/aromatic N) is 3. The van der Waals surface area contributed by atoms with Crippen molar-refractivity contribution in [1.29, 1.82) is 0 Å². The summed E-state index contributed by atoms with van der Waals surface area (Å²) >= 11 is 0. The Morgan fingerprint density at radius 3 is 2.54 bits per heavy atom. The molecule has 1 saturated heterocycles. The lowest BCUT2D eigenvalue weighted by Crippen LogP contribution is -2.19. The van der Waals surface area contributed by atoms with Crippen molar-refractivity contribution in [2.45, 2.75) is 24.3 Å². The SMILES string of the molecule is NS(=O)(=O)c1cc([N+](=O)[O-])ccc1NCc1ccc(N2CCCC2)nc1. The molecule has 1 aliphatic heterocycles. The third-order valence-electron chi connectivity index (χ3n) is 4.20. The predicted octanol–water partition coefficient (Wildman–Crippen LogP) is 1.85. The van der Waals surface area contributed by atoms with Gasteiger partial charge in [-0.2, -0.15) is 0 Å². The molecule has 0 amide bonds. The highest BCUT2D eigenvalue weighted by Gasteiger charge is 2.19. The van der Waals surface area contributed by atoms with Gasteiger partial charge in [-0.05, 0) is 30.5 Å². The minimum absolute atomic E-state index is 0.210. The van der Waals surface area contributed by atoms with Crippen molar-refractivity contribution in [2.24, 2.45) is 5.14 Å². The maximum Gasteiger partial charge on any atom is 0.270 e. The van der Waals surface area contributed by atoms with E-state index in [1.807, 2.05) is 12.1 Å². The number of aromatic nitrogens is 1. The van der Waals surface area contributed by atoms with Gasteiger partial charge in [-0.3, -0.25) is 10.1 Å². The number of nitrogens with two attached hydrogens (primary N) is 1. The first-order valence-corrected chi connectivity index (χ1v) is 9.64. The monoisotopic (exact) mass is 377 g/mol. The number of primary sulfonamides is 1. The Hall–Kier alpha value is -2.72. The highest BCUT2D eigenvalue weighted by Crippen LogP contribution is 2.26. The molecule has 0 spiro atoms. The number of benzene rings is 1. The van der Waals surface area contributed by atoms with Crippen LogP contribution >= 0.6 is 0 Å². The molecule has 9 nitrogen and oxygen atoms in total. The largest absolute Gasteiger partial charge is 0.380 e. The highest BCUT2D eigenvalue weighted by atomic mass is 32.2. The summed E-state index contributed by atoms with van der Waals surface area (Å²) in [6.45, 7) is 2.32. The van der Waals surface area contributed by atoms with Crippen LogP contribution in [0.2, 0.25) is 0 Å². The van der Waals surface area contributed by atoms with Gasteiger partial charge in [-0.1, -0.05) is 6.07 Å². The fraction of sp³-hybridized carbons (Fsp3) is 0.312. The number of hydrogen-bond acceptors (Lipinski definition) is 7. The van der Waals surface area contributed by atoms with Crippen LogP contribution in [0.15, 0.2) is 41.4 Å². The van der Waals surface area contributed by atoms with Crippen LogP contribution in [0.25, 0.3) is 0 Å². The number of pyridine rings is 1. The Labute approximate surface area is 151 Å². The van der Waals surface area contributed by atoms with Crippen LogP contribution in [-0.4, -0.2) is 31.4 Å². The van der Waals surface area contributed by atoms with Crippen molar-refractivity contribution in [1.82, 2.24) is 4.98 Å². The molecular weight excluding hydrogens is 358 g/mol. The molecule has 1 aliphatic rings. The number of rotatable bonds is 6. The van der Waals surface area contributed by atoms with E-state index in [2.05, 4.69) is 15.2 Å². The van der Waals surface area contributed by atoms with Crippen LogP contribution in [0.3, 0.4) is 0 Å². The Morgan fingerprint density at radius 1 is 1.23 bits per heavy atom. The quantitative estimate of drug-likeness (QED) is 0.580. The third kappa shape index (κ3) is 4.09. The van der Waals surface area contributed by atoms with Gasteiger partial charge >= 0.3 is 0 Å². The first kappa shape index (κ1) is 18.1. The number of sulfonamides is 1. The molecule has 0 saturated carbocycles. The van der Waals surface area contributed by atoms with Gasteiger partial charge in [0.15, 0.2) is 0 Å². The van der Waals surface area contributed by atoms with Crippen molar-refractivity contribution in [3.8, 4) is 0 Å². The molecule has 138 valence electrons. The highest BCUT2D eigenvalue weighted by molar-refractivity contribution is 7.89. The zero-order chi connectivity index (χ0) is 18.7. The average Bonchev–Trinajstić information content (AvgIpc) is 3.14. The second kappa shape index (κ2) is 7.26. The fourth-order valence-corrected chi connectivity index (χ4v) is 3.59. The molecule has 3 rings (SSSR count). The summed E-state index contributed by atoms with van der Waals surface area (Å²) in [6.07, 6.45) is 4.06. The van der Waals surface area contributed by atoms with E-state index >= 15 is 0 Å². The van der Waals surface area contributed by atoms with E-state index in [1.54, 1.807) is 6.20 Å². The van der Waals surface area contributed by atoms with Gasteiger partial charge in [-0.15, -0.1) is 0 Å². The van der Waals surface area contributed by atoms with E-state index in [-0.39, 0.29) is 16.3 Å². The summed E-state index contributed by atoms with van der Waals surface area (Å²) in [4.78, 5) is 16.5. The van der Waals surface area contributed by atoms with Crippen LogP contribution in [0.4, 0.5) is 17.2 Å². The van der Waals surface area contributed by atoms with E-state index in [4.69, 9.17) is 5.14 Å². The van der Waals surface area contributed by atoms with E-state index in [0.717, 1.165) is 30.5 Å². The number of nitrogens with one attached hydrogen (secondary N) is 1. The number of nitro benzene ring substituents is 1. The zero-order valence-corrected chi connectivity index (χ0v) is 14.8. The van der Waals surface area contributed by atoms with Gasteiger partial charge in [-0.25, -0.2) is 18.5 Å². The second-order valence-electron chi connectivity index (χ2n) is 6.05. The summed E-state index contributed by atoms with van der Waals surface area (Å²) in [5, 5.41) is 19.0. The summed E-state index contributed by atoms with van der Waals surface area (Å²) in [5.41, 5.74) is 0.726. The molecule has 1 fully saturated rings. The second-order valence-corrected chi connectivity index (χ2v) is 7.58. The van der Waals surface area contributed by atoms with Crippen LogP contribution in [0.5, 0.6) is 0 Å². The van der Waals surface area contributed by atoms with Crippen molar-refractivity contribution in [3.05, 3.63) is 52.2 Å². The summed E-state index contributed by atoms with van der Waals surface area (Å²) in [6, 6.07) is 7.36. The normalized spacial score (nSPS) is 14.4. The van der Waals surface area contributed by atoms with Crippen LogP contribution in [-0.2, 0) is 16.6 Å². The van der Waals surface area contributed by atoms with E-state index in [9.17, 15) is 18.5 Å². The van der Waals surface area contributed by atoms with E-state index < -0.39 is 14.9 Å². The summed E-state index contributed by atoms with van der Waals surface area (Å²) in [5.74, 6) is 0.923. The molecule has 2 heterocycles. The maximum atomic E-state index is 11.7. The van der Waals surface area contributed by atoms with Gasteiger partial charge < -0.3 is 10.2 Å². The zero-order valence-electron chi connectivity index (χ0n) is 14.0. The molecule has 0 unspecified atom stereocenters. The summed E-state index contributed by atoms with van der Waals surface area (Å²) < 4.78 is 23.5. The first-order chi connectivity index (χ1) is 12.3. The van der Waals surface area contributed by atoms with Crippen molar-refractivity contribution in [2.75, 3.05) is 23.3 Å². The molecule has 0 bridgehead atoms. The maximum absolute atomic E-state index is 11.7. The molecule has 0 atom stereocenters. The van der Waals surface area contributed by atoms with Crippen LogP contribution in [0.1, 0.15) is 18.4 Å². The van der Waals surface area contributed by atoms with E-state index in [0.29, 0.717) is 6.54 Å². The standard InChI is InChI=1S/C16H19N5O4S/c17-26(24,25)15-9-13(21(22)23)4-5-14(15)18-10-12-3-6-16(19-11-12)20-7-1-2-8-20/h3-6,9,11,18H,1-2,7-8,10H2,(H2,17,24,25). The van der Waals surface area contributed by atoms with Crippen molar-refractivity contribution < 1.29 is 13.3 Å². The van der Waals surface area contributed by atoms with Gasteiger partial charge in [0.05, 0.1) is 10.6 Å². The molecule has 3 N–H and O–H groups in total. The van der Waals surface area contributed by atoms with Gasteiger partial charge in [0.1, 0.15) is 10.7 Å². The predicted molar refractivity (Wildman–Crippen MR) is 97.5 cm³/mol. The first-order valence-electron chi connectivity index (χ1n) is 8.09. The van der Waals surface area contributed by atoms with Gasteiger partial charge in [0, 0.05) is 38.0 Å². The molecule has 26 heavy (non-hydrogen) atoms. The Bertz CT molecular complexity index is 909. The van der Waals surface area contributed by atoms with Crippen LogP contribution < -0.4 is 15.4 Å². The molecule has 10 heteroatoms. The Balaban J connectivity index is 1.75. The van der Waals surface area contributed by atoms with Gasteiger partial charge in [0.2, 0.25) is 10.0 Å². The summed E-state index contributed by atoms with van der Waals surface area (Å²) in [7, 11) is -4.10. The fourth-order valence-electron chi connectivity index (χ4n) is 2.86. The number of anilines is 2. The molecule has 1 aromatic heterocycles. The molecule has 0 aliphatic carbocycles. The molecule has 0 radical (unpaired) electrons. The lowest BCUT2D eigenvalue weighted by Gasteiger charge is -2.16. The molecule has 2 aromatic rings. The number of nitro groups is 1. The molecule has 1 aromatic carbocycles. The average molecular weight is 377 g/mol. The minimum Gasteiger partial charge on any atom is -0.380 e. The number of non-ortho nitro benzene ring substituents is 1. The van der Waals surface area contributed by atoms with E-state index in [1.165, 1.54) is 25.0 Å². The van der Waals surface area contributed by atoms with Crippen molar-refractivity contribution >= 4 is 27.2 Å². The van der Waals surface area contributed by atoms with Crippen LogP contribution in [0, 0.1) is 10.1 Å². The minimum atomic E-state index is -4.10. The molecular formula is C16H19N5O4S. The van der Waals surface area contributed by atoms with Gasteiger partial charge in [0.25, 0.3) is 5.69 Å². The Morgan fingerprint density at radius 2 is 1.96 bits per heavy atom. The topological polar surface area (TPSA) is 131 Å². The smallest absolute Gasteiger partial charge is 0.270 e.